The molecule has 0 aliphatic rings. The summed E-state index contributed by atoms with van der Waals surface area (Å²) < 4.78 is 17.3. The number of carbonyl (C=O) groups is 2. The molecular formula is C13H13ClFNO3. The Morgan fingerprint density at radius 2 is 2.21 bits per heavy atom. The maximum Gasteiger partial charge on any atom is 0.307 e. The van der Waals surface area contributed by atoms with E-state index in [-0.39, 0.29) is 23.9 Å². The van der Waals surface area contributed by atoms with E-state index in [0.29, 0.717) is 5.56 Å². The largest absolute Gasteiger partial charge is 0.469 e. The van der Waals surface area contributed by atoms with Crippen molar-refractivity contribution < 1.29 is 18.7 Å². The van der Waals surface area contributed by atoms with Gasteiger partial charge in [-0.05, 0) is 23.8 Å². The van der Waals surface area contributed by atoms with Crippen molar-refractivity contribution in [1.29, 1.82) is 0 Å². The zero-order chi connectivity index (χ0) is 14.3. The summed E-state index contributed by atoms with van der Waals surface area (Å²) in [4.78, 5) is 22.2. The SMILES string of the molecule is COC(=O)CCNC(=O)C=Cc1ccc(F)c(Cl)c1. The molecule has 1 aromatic carbocycles. The molecule has 0 radical (unpaired) electrons. The van der Waals surface area contributed by atoms with Crippen LogP contribution in [0.2, 0.25) is 5.02 Å². The smallest absolute Gasteiger partial charge is 0.307 e. The van der Waals surface area contributed by atoms with E-state index in [1.54, 1.807) is 0 Å². The van der Waals surface area contributed by atoms with Crippen molar-refractivity contribution in [2.45, 2.75) is 6.42 Å². The van der Waals surface area contributed by atoms with E-state index in [2.05, 4.69) is 10.1 Å². The molecule has 0 aromatic heterocycles. The standard InChI is InChI=1S/C13H13ClFNO3/c1-19-13(18)6-7-16-12(17)5-3-9-2-4-11(15)10(14)8-9/h2-5,8H,6-7H2,1H3,(H,16,17). The van der Waals surface area contributed by atoms with Crippen LogP contribution in [0.25, 0.3) is 6.08 Å². The second-order valence-corrected chi connectivity index (χ2v) is 4.03. The topological polar surface area (TPSA) is 55.4 Å². The zero-order valence-corrected chi connectivity index (χ0v) is 11.0. The van der Waals surface area contributed by atoms with Crippen LogP contribution in [-0.4, -0.2) is 25.5 Å². The number of nitrogens with one attached hydrogen (secondary N) is 1. The molecule has 0 unspecified atom stereocenters. The van der Waals surface area contributed by atoms with Crippen LogP contribution in [0.5, 0.6) is 0 Å². The van der Waals surface area contributed by atoms with Crippen molar-refractivity contribution in [3.63, 3.8) is 0 Å². The third-order valence-corrected chi connectivity index (χ3v) is 2.52. The molecule has 0 saturated carbocycles. The summed E-state index contributed by atoms with van der Waals surface area (Å²) in [6.45, 7) is 0.194. The van der Waals surface area contributed by atoms with E-state index in [1.807, 2.05) is 0 Å². The van der Waals surface area contributed by atoms with Gasteiger partial charge in [-0.25, -0.2) is 4.39 Å². The number of rotatable bonds is 5. The van der Waals surface area contributed by atoms with E-state index in [1.165, 1.54) is 37.5 Å². The van der Waals surface area contributed by atoms with Crippen LogP contribution < -0.4 is 5.32 Å². The monoisotopic (exact) mass is 285 g/mol. The predicted molar refractivity (Wildman–Crippen MR) is 70.1 cm³/mol. The summed E-state index contributed by atoms with van der Waals surface area (Å²) in [7, 11) is 1.28. The molecule has 1 amide bonds. The Morgan fingerprint density at radius 3 is 2.84 bits per heavy atom. The highest BCUT2D eigenvalue weighted by Gasteiger charge is 2.02. The highest BCUT2D eigenvalue weighted by molar-refractivity contribution is 6.30. The Bertz CT molecular complexity index is 503. The number of halogens is 2. The third kappa shape index (κ3) is 5.52. The molecule has 0 bridgehead atoms. The van der Waals surface area contributed by atoms with Gasteiger partial charge in [0, 0.05) is 12.6 Å². The summed E-state index contributed by atoms with van der Waals surface area (Å²) in [5, 5.41) is 2.50. The van der Waals surface area contributed by atoms with Gasteiger partial charge in [0.2, 0.25) is 5.91 Å². The third-order valence-electron chi connectivity index (χ3n) is 2.23. The minimum absolute atomic E-state index is 0.00625. The zero-order valence-electron chi connectivity index (χ0n) is 10.3. The molecule has 0 atom stereocenters. The average molecular weight is 286 g/mol. The maximum atomic E-state index is 12.9. The van der Waals surface area contributed by atoms with E-state index >= 15 is 0 Å². The lowest BCUT2D eigenvalue weighted by Gasteiger charge is -2.01. The summed E-state index contributed by atoms with van der Waals surface area (Å²) in [6, 6.07) is 4.13. The van der Waals surface area contributed by atoms with Gasteiger partial charge in [-0.1, -0.05) is 17.7 Å². The average Bonchev–Trinajstić information content (AvgIpc) is 2.40. The van der Waals surface area contributed by atoms with Crippen molar-refractivity contribution in [2.24, 2.45) is 0 Å². The van der Waals surface area contributed by atoms with Gasteiger partial charge in [-0.3, -0.25) is 9.59 Å². The second-order valence-electron chi connectivity index (χ2n) is 3.62. The second kappa shape index (κ2) is 7.53. The van der Waals surface area contributed by atoms with Crippen molar-refractivity contribution in [1.82, 2.24) is 5.32 Å². The van der Waals surface area contributed by atoms with Crippen LogP contribution >= 0.6 is 11.6 Å². The number of esters is 1. The minimum atomic E-state index is -0.513. The first-order chi connectivity index (χ1) is 9.02. The van der Waals surface area contributed by atoms with Gasteiger partial charge in [0.25, 0.3) is 0 Å². The van der Waals surface area contributed by atoms with Gasteiger partial charge in [0.05, 0.1) is 18.6 Å². The molecule has 1 aromatic rings. The van der Waals surface area contributed by atoms with Crippen LogP contribution in [0.3, 0.4) is 0 Å². The lowest BCUT2D eigenvalue weighted by Crippen LogP contribution is -2.24. The fourth-order valence-corrected chi connectivity index (χ4v) is 1.43. The Balaban J connectivity index is 2.45. The van der Waals surface area contributed by atoms with Gasteiger partial charge in [-0.15, -0.1) is 0 Å². The molecule has 0 heterocycles. The molecule has 1 rings (SSSR count). The lowest BCUT2D eigenvalue weighted by atomic mass is 10.2. The van der Waals surface area contributed by atoms with E-state index < -0.39 is 11.8 Å². The summed E-state index contributed by atoms with van der Waals surface area (Å²) >= 11 is 5.60. The number of methoxy groups -OCH3 is 1. The predicted octanol–water partition coefficient (Wildman–Crippen LogP) is 2.17. The number of benzene rings is 1. The van der Waals surface area contributed by atoms with Gasteiger partial charge < -0.3 is 10.1 Å². The molecule has 102 valence electrons. The molecule has 0 aliphatic carbocycles. The fraction of sp³-hybridized carbons (Fsp3) is 0.231. The Morgan fingerprint density at radius 1 is 1.47 bits per heavy atom. The van der Waals surface area contributed by atoms with Crippen molar-refractivity contribution in [3.05, 3.63) is 40.7 Å². The Kier molecular flexibility index (Phi) is 6.02. The molecular weight excluding hydrogens is 273 g/mol. The van der Waals surface area contributed by atoms with Crippen LogP contribution in [0, 0.1) is 5.82 Å². The highest BCUT2D eigenvalue weighted by atomic mass is 35.5. The van der Waals surface area contributed by atoms with Crippen molar-refractivity contribution in [2.75, 3.05) is 13.7 Å². The molecule has 6 heteroatoms. The first-order valence-electron chi connectivity index (χ1n) is 5.50. The quantitative estimate of drug-likeness (QED) is 0.666. The summed E-state index contributed by atoms with van der Waals surface area (Å²) in [6.07, 6.45) is 2.89. The Labute approximate surface area is 115 Å². The van der Waals surface area contributed by atoms with Crippen LogP contribution in [0.1, 0.15) is 12.0 Å². The number of hydrogen-bond acceptors (Lipinski definition) is 3. The normalized spacial score (nSPS) is 10.5. The van der Waals surface area contributed by atoms with E-state index in [9.17, 15) is 14.0 Å². The van der Waals surface area contributed by atoms with Crippen molar-refractivity contribution in [3.8, 4) is 0 Å². The molecule has 0 spiro atoms. The Hall–Kier alpha value is -1.88. The van der Waals surface area contributed by atoms with Gasteiger partial charge in [-0.2, -0.15) is 0 Å². The van der Waals surface area contributed by atoms with Crippen LogP contribution in [-0.2, 0) is 14.3 Å². The van der Waals surface area contributed by atoms with E-state index in [4.69, 9.17) is 11.6 Å². The summed E-state index contributed by atoms with van der Waals surface area (Å²) in [5.74, 6) is -1.26. The number of amides is 1. The first-order valence-corrected chi connectivity index (χ1v) is 5.88. The number of ether oxygens (including phenoxy) is 1. The summed E-state index contributed by atoms with van der Waals surface area (Å²) in [5.41, 5.74) is 0.606. The van der Waals surface area contributed by atoms with E-state index in [0.717, 1.165) is 0 Å². The van der Waals surface area contributed by atoms with Gasteiger partial charge in [0.15, 0.2) is 0 Å². The molecule has 0 saturated heterocycles. The fourth-order valence-electron chi connectivity index (χ4n) is 1.24. The van der Waals surface area contributed by atoms with Gasteiger partial charge in [0.1, 0.15) is 5.82 Å². The first kappa shape index (κ1) is 15.2. The lowest BCUT2D eigenvalue weighted by molar-refractivity contribution is -0.140. The number of carbonyl (C=O) groups excluding carboxylic acids is 2. The molecule has 4 nitrogen and oxygen atoms in total. The maximum absolute atomic E-state index is 12.9. The molecule has 19 heavy (non-hydrogen) atoms. The number of hydrogen-bond donors (Lipinski definition) is 1. The highest BCUT2D eigenvalue weighted by Crippen LogP contribution is 2.16. The van der Waals surface area contributed by atoms with Crippen molar-refractivity contribution >= 4 is 29.6 Å². The minimum Gasteiger partial charge on any atom is -0.469 e. The van der Waals surface area contributed by atoms with Crippen LogP contribution in [0.4, 0.5) is 4.39 Å². The van der Waals surface area contributed by atoms with Gasteiger partial charge >= 0.3 is 5.97 Å². The molecule has 0 aliphatic heterocycles. The molecule has 0 fully saturated rings. The van der Waals surface area contributed by atoms with Crippen LogP contribution in [0.15, 0.2) is 24.3 Å². The molecule has 1 N–H and O–H groups in total.